The van der Waals surface area contributed by atoms with Crippen LogP contribution >= 0.6 is 0 Å². The van der Waals surface area contributed by atoms with Crippen LogP contribution in [0, 0.1) is 5.92 Å². The Morgan fingerprint density at radius 2 is 2.15 bits per heavy atom. The predicted molar refractivity (Wildman–Crippen MR) is 103 cm³/mol. The van der Waals surface area contributed by atoms with E-state index in [9.17, 15) is 4.79 Å². The SMILES string of the molecule is CC(C)CC(NC(=O)Cc1ccc2c(c1)OCC2)c1nnc2ccccn12. The Labute approximate surface area is 158 Å². The van der Waals surface area contributed by atoms with E-state index in [2.05, 4.69) is 35.4 Å². The van der Waals surface area contributed by atoms with Crippen LogP contribution in [0.5, 0.6) is 5.75 Å². The number of rotatable bonds is 6. The van der Waals surface area contributed by atoms with Crippen molar-refractivity contribution in [3.63, 3.8) is 0 Å². The first-order valence-electron chi connectivity index (χ1n) is 9.44. The maximum Gasteiger partial charge on any atom is 0.225 e. The van der Waals surface area contributed by atoms with Gasteiger partial charge in [-0.2, -0.15) is 0 Å². The molecule has 140 valence electrons. The first-order chi connectivity index (χ1) is 13.1. The van der Waals surface area contributed by atoms with Crippen LogP contribution in [0.1, 0.15) is 43.3 Å². The van der Waals surface area contributed by atoms with E-state index in [1.54, 1.807) is 0 Å². The van der Waals surface area contributed by atoms with E-state index in [1.807, 2.05) is 40.9 Å². The molecule has 0 spiro atoms. The number of amides is 1. The zero-order chi connectivity index (χ0) is 18.8. The van der Waals surface area contributed by atoms with Gasteiger partial charge in [-0.25, -0.2) is 0 Å². The van der Waals surface area contributed by atoms with Crippen LogP contribution in [-0.2, 0) is 17.6 Å². The van der Waals surface area contributed by atoms with Gasteiger partial charge in [0.15, 0.2) is 11.5 Å². The molecule has 0 fully saturated rings. The molecule has 0 bridgehead atoms. The zero-order valence-electron chi connectivity index (χ0n) is 15.7. The largest absolute Gasteiger partial charge is 0.493 e. The van der Waals surface area contributed by atoms with Gasteiger partial charge in [0, 0.05) is 12.6 Å². The Morgan fingerprint density at radius 1 is 1.26 bits per heavy atom. The molecule has 1 aliphatic heterocycles. The lowest BCUT2D eigenvalue weighted by Crippen LogP contribution is -2.32. The Morgan fingerprint density at radius 3 is 3.00 bits per heavy atom. The van der Waals surface area contributed by atoms with E-state index in [0.717, 1.165) is 42.2 Å². The molecule has 1 atom stereocenters. The summed E-state index contributed by atoms with van der Waals surface area (Å²) in [5.41, 5.74) is 2.96. The maximum atomic E-state index is 12.7. The maximum absolute atomic E-state index is 12.7. The number of fused-ring (bicyclic) bond motifs is 2. The molecule has 6 heteroatoms. The summed E-state index contributed by atoms with van der Waals surface area (Å²) in [6.07, 6.45) is 4.00. The third-order valence-corrected chi connectivity index (χ3v) is 4.82. The Hall–Kier alpha value is -2.89. The summed E-state index contributed by atoms with van der Waals surface area (Å²) in [5.74, 6) is 2.07. The fourth-order valence-corrected chi connectivity index (χ4v) is 3.55. The van der Waals surface area contributed by atoms with E-state index in [4.69, 9.17) is 4.74 Å². The number of ether oxygens (including phenoxy) is 1. The summed E-state index contributed by atoms with van der Waals surface area (Å²) in [6.45, 7) is 5.00. The molecule has 1 aromatic carbocycles. The van der Waals surface area contributed by atoms with Crippen molar-refractivity contribution in [2.45, 2.75) is 39.2 Å². The van der Waals surface area contributed by atoms with Gasteiger partial charge >= 0.3 is 0 Å². The van der Waals surface area contributed by atoms with Crippen LogP contribution < -0.4 is 10.1 Å². The van der Waals surface area contributed by atoms with Gasteiger partial charge in [0.1, 0.15) is 5.75 Å². The number of nitrogens with one attached hydrogen (secondary N) is 1. The minimum atomic E-state index is -0.180. The fraction of sp³-hybridized carbons (Fsp3) is 0.381. The number of carbonyl (C=O) groups excluding carboxylic acids is 1. The second kappa shape index (κ2) is 7.39. The van der Waals surface area contributed by atoms with Crippen molar-refractivity contribution in [2.75, 3.05) is 6.61 Å². The van der Waals surface area contributed by atoms with Crippen molar-refractivity contribution in [3.8, 4) is 5.75 Å². The summed E-state index contributed by atoms with van der Waals surface area (Å²) in [5, 5.41) is 11.7. The number of pyridine rings is 1. The minimum Gasteiger partial charge on any atom is -0.493 e. The number of hydrogen-bond donors (Lipinski definition) is 1. The number of benzene rings is 1. The second-order valence-electron chi connectivity index (χ2n) is 7.45. The highest BCUT2D eigenvalue weighted by atomic mass is 16.5. The lowest BCUT2D eigenvalue weighted by Gasteiger charge is -2.19. The van der Waals surface area contributed by atoms with Crippen LogP contribution in [0.3, 0.4) is 0 Å². The van der Waals surface area contributed by atoms with Crippen molar-refractivity contribution in [1.29, 1.82) is 0 Å². The highest BCUT2D eigenvalue weighted by Gasteiger charge is 2.22. The Bertz CT molecular complexity index is 964. The summed E-state index contributed by atoms with van der Waals surface area (Å²) >= 11 is 0. The average Bonchev–Trinajstić information content (AvgIpc) is 3.27. The third-order valence-electron chi connectivity index (χ3n) is 4.82. The Balaban J connectivity index is 1.52. The molecule has 27 heavy (non-hydrogen) atoms. The van der Waals surface area contributed by atoms with E-state index < -0.39 is 0 Å². The van der Waals surface area contributed by atoms with Crippen LogP contribution in [0.4, 0.5) is 0 Å². The fourth-order valence-electron chi connectivity index (χ4n) is 3.55. The lowest BCUT2D eigenvalue weighted by molar-refractivity contribution is -0.121. The van der Waals surface area contributed by atoms with Gasteiger partial charge in [0.2, 0.25) is 5.91 Å². The molecule has 1 aliphatic rings. The summed E-state index contributed by atoms with van der Waals surface area (Å²) in [6, 6.07) is 11.7. The molecule has 6 nitrogen and oxygen atoms in total. The standard InChI is InChI=1S/C21H24N4O2/c1-14(2)11-17(21-24-23-19-5-3-4-9-25(19)21)22-20(26)13-15-6-7-16-8-10-27-18(16)12-15/h3-7,9,12,14,17H,8,10-11,13H2,1-2H3,(H,22,26). The predicted octanol–water partition coefficient (Wildman–Crippen LogP) is 3.11. The van der Waals surface area contributed by atoms with Crippen LogP contribution in [0.25, 0.3) is 5.65 Å². The van der Waals surface area contributed by atoms with Gasteiger partial charge in [-0.1, -0.05) is 32.0 Å². The molecule has 0 radical (unpaired) electrons. The summed E-state index contributed by atoms with van der Waals surface area (Å²) < 4.78 is 7.55. The molecule has 1 N–H and O–H groups in total. The number of carbonyl (C=O) groups is 1. The normalized spacial score (nSPS) is 14.2. The van der Waals surface area contributed by atoms with Gasteiger partial charge in [-0.05, 0) is 41.7 Å². The monoisotopic (exact) mass is 364 g/mol. The molecule has 1 unspecified atom stereocenters. The molecular formula is C21H24N4O2. The van der Waals surface area contributed by atoms with Gasteiger partial charge in [-0.15, -0.1) is 10.2 Å². The quantitative estimate of drug-likeness (QED) is 0.730. The van der Waals surface area contributed by atoms with Gasteiger partial charge in [0.25, 0.3) is 0 Å². The van der Waals surface area contributed by atoms with E-state index >= 15 is 0 Å². The topological polar surface area (TPSA) is 68.5 Å². The molecule has 0 saturated carbocycles. The molecule has 3 heterocycles. The molecule has 0 saturated heterocycles. The van der Waals surface area contributed by atoms with E-state index in [0.29, 0.717) is 12.3 Å². The number of nitrogens with zero attached hydrogens (tertiary/aromatic N) is 3. The van der Waals surface area contributed by atoms with Gasteiger partial charge in [-0.3, -0.25) is 9.20 Å². The van der Waals surface area contributed by atoms with Crippen molar-refractivity contribution in [1.82, 2.24) is 19.9 Å². The lowest BCUT2D eigenvalue weighted by atomic mass is 10.0. The van der Waals surface area contributed by atoms with Crippen molar-refractivity contribution >= 4 is 11.6 Å². The number of aromatic nitrogens is 3. The van der Waals surface area contributed by atoms with Crippen molar-refractivity contribution < 1.29 is 9.53 Å². The third kappa shape index (κ3) is 3.79. The Kier molecular flexibility index (Phi) is 4.79. The first-order valence-corrected chi connectivity index (χ1v) is 9.44. The molecule has 2 aromatic heterocycles. The number of hydrogen-bond acceptors (Lipinski definition) is 4. The van der Waals surface area contributed by atoms with Crippen molar-refractivity contribution in [3.05, 3.63) is 59.5 Å². The second-order valence-corrected chi connectivity index (χ2v) is 7.45. The van der Waals surface area contributed by atoms with Crippen LogP contribution in [0.15, 0.2) is 42.6 Å². The summed E-state index contributed by atoms with van der Waals surface area (Å²) in [4.78, 5) is 12.7. The molecular weight excluding hydrogens is 340 g/mol. The minimum absolute atomic E-state index is 0.0220. The van der Waals surface area contributed by atoms with Crippen LogP contribution in [-0.4, -0.2) is 27.1 Å². The smallest absolute Gasteiger partial charge is 0.225 e. The van der Waals surface area contributed by atoms with Crippen LogP contribution in [0.2, 0.25) is 0 Å². The molecule has 4 rings (SSSR count). The molecule has 3 aromatic rings. The van der Waals surface area contributed by atoms with Gasteiger partial charge < -0.3 is 10.1 Å². The van der Waals surface area contributed by atoms with Gasteiger partial charge in [0.05, 0.1) is 19.1 Å². The average molecular weight is 364 g/mol. The molecule has 1 amide bonds. The first kappa shape index (κ1) is 17.5. The highest BCUT2D eigenvalue weighted by Crippen LogP contribution is 2.26. The summed E-state index contributed by atoms with van der Waals surface area (Å²) in [7, 11) is 0. The van der Waals surface area contributed by atoms with E-state index in [1.165, 1.54) is 5.56 Å². The van der Waals surface area contributed by atoms with E-state index in [-0.39, 0.29) is 11.9 Å². The molecule has 0 aliphatic carbocycles. The van der Waals surface area contributed by atoms with Crippen molar-refractivity contribution in [2.24, 2.45) is 5.92 Å². The highest BCUT2D eigenvalue weighted by molar-refractivity contribution is 5.79. The zero-order valence-corrected chi connectivity index (χ0v) is 15.7.